The largest absolute Gasteiger partial charge is 0.355 e. The highest BCUT2D eigenvalue weighted by atomic mass is 35.5. The number of aromatic nitrogens is 2. The quantitative estimate of drug-likeness (QED) is 0.903. The van der Waals surface area contributed by atoms with Crippen molar-refractivity contribution in [1.82, 2.24) is 9.36 Å². The average molecular weight is 246 g/mol. The van der Waals surface area contributed by atoms with Crippen LogP contribution in [0, 0.1) is 6.92 Å². The van der Waals surface area contributed by atoms with Gasteiger partial charge in [-0.3, -0.25) is 0 Å². The minimum Gasteiger partial charge on any atom is -0.355 e. The number of rotatable bonds is 3. The summed E-state index contributed by atoms with van der Waals surface area (Å²) in [5, 5.41) is 4.05. The normalized spacial score (nSPS) is 10.4. The van der Waals surface area contributed by atoms with Crippen molar-refractivity contribution in [2.24, 2.45) is 0 Å². The standard InChI is InChI=1S/C8H8ClN3S2/c1-5-11-8(14-12-5)10-4-6-2-3-7(9)13-6/h2-3H,4H2,1H3,(H,10,11,12). The lowest BCUT2D eigenvalue weighted by Gasteiger charge is -1.97. The Balaban J connectivity index is 1.94. The Bertz CT molecular complexity index is 383. The van der Waals surface area contributed by atoms with E-state index >= 15 is 0 Å². The first-order chi connectivity index (χ1) is 6.74. The van der Waals surface area contributed by atoms with E-state index in [-0.39, 0.29) is 0 Å². The van der Waals surface area contributed by atoms with Gasteiger partial charge in [-0.25, -0.2) is 4.98 Å². The predicted octanol–water partition coefficient (Wildman–Crippen LogP) is 3.17. The molecule has 0 aliphatic rings. The molecule has 0 aliphatic carbocycles. The molecule has 2 aromatic heterocycles. The van der Waals surface area contributed by atoms with Crippen molar-refractivity contribution < 1.29 is 0 Å². The number of anilines is 1. The average Bonchev–Trinajstić information content (AvgIpc) is 2.72. The van der Waals surface area contributed by atoms with Crippen LogP contribution in [0.1, 0.15) is 10.7 Å². The first-order valence-electron chi connectivity index (χ1n) is 4.02. The Kier molecular flexibility index (Phi) is 3.00. The lowest BCUT2D eigenvalue weighted by atomic mass is 10.5. The zero-order valence-electron chi connectivity index (χ0n) is 7.45. The summed E-state index contributed by atoms with van der Waals surface area (Å²) in [6.07, 6.45) is 0. The van der Waals surface area contributed by atoms with Crippen molar-refractivity contribution in [3.05, 3.63) is 27.2 Å². The van der Waals surface area contributed by atoms with Crippen LogP contribution in [0.15, 0.2) is 12.1 Å². The molecule has 0 aromatic carbocycles. The van der Waals surface area contributed by atoms with Crippen molar-refractivity contribution in [3.63, 3.8) is 0 Å². The molecule has 1 N–H and O–H groups in total. The molecule has 0 bridgehead atoms. The Morgan fingerprint density at radius 3 is 2.93 bits per heavy atom. The van der Waals surface area contributed by atoms with Gasteiger partial charge in [0.2, 0.25) is 5.13 Å². The summed E-state index contributed by atoms with van der Waals surface area (Å²) in [7, 11) is 0. The third kappa shape index (κ3) is 2.43. The van der Waals surface area contributed by atoms with E-state index in [4.69, 9.17) is 11.6 Å². The summed E-state index contributed by atoms with van der Waals surface area (Å²) < 4.78 is 4.89. The van der Waals surface area contributed by atoms with Crippen LogP contribution in [0.3, 0.4) is 0 Å². The van der Waals surface area contributed by atoms with E-state index in [1.54, 1.807) is 11.3 Å². The zero-order valence-corrected chi connectivity index (χ0v) is 9.84. The van der Waals surface area contributed by atoms with Gasteiger partial charge in [0, 0.05) is 16.4 Å². The number of aryl methyl sites for hydroxylation is 1. The fourth-order valence-electron chi connectivity index (χ4n) is 0.978. The van der Waals surface area contributed by atoms with E-state index in [0.29, 0.717) is 0 Å². The maximum absolute atomic E-state index is 5.81. The second-order valence-corrected chi connectivity index (χ2v) is 5.26. The molecule has 0 atom stereocenters. The first-order valence-corrected chi connectivity index (χ1v) is 5.99. The molecule has 6 heteroatoms. The van der Waals surface area contributed by atoms with Gasteiger partial charge in [-0.1, -0.05) is 11.6 Å². The molecule has 0 aliphatic heterocycles. The van der Waals surface area contributed by atoms with Gasteiger partial charge in [0.25, 0.3) is 0 Å². The van der Waals surface area contributed by atoms with E-state index in [0.717, 1.165) is 21.8 Å². The molecule has 2 rings (SSSR count). The highest BCUT2D eigenvalue weighted by molar-refractivity contribution is 7.16. The molecule has 14 heavy (non-hydrogen) atoms. The zero-order chi connectivity index (χ0) is 9.97. The molecule has 2 aromatic rings. The van der Waals surface area contributed by atoms with Crippen LogP contribution in [-0.4, -0.2) is 9.36 Å². The minimum absolute atomic E-state index is 0.756. The van der Waals surface area contributed by atoms with Crippen LogP contribution in [0.25, 0.3) is 0 Å². The molecule has 0 unspecified atom stereocenters. The number of nitrogens with one attached hydrogen (secondary N) is 1. The summed E-state index contributed by atoms with van der Waals surface area (Å²) in [4.78, 5) is 5.40. The topological polar surface area (TPSA) is 37.8 Å². The lowest BCUT2D eigenvalue weighted by molar-refractivity contribution is 1.12. The smallest absolute Gasteiger partial charge is 0.202 e. The number of hydrogen-bond donors (Lipinski definition) is 1. The fourth-order valence-corrected chi connectivity index (χ4v) is 2.57. The summed E-state index contributed by atoms with van der Waals surface area (Å²) in [5.41, 5.74) is 0. The summed E-state index contributed by atoms with van der Waals surface area (Å²) in [6.45, 7) is 2.63. The van der Waals surface area contributed by atoms with Crippen LogP contribution < -0.4 is 5.32 Å². The van der Waals surface area contributed by atoms with Crippen molar-refractivity contribution >= 4 is 39.6 Å². The Morgan fingerprint density at radius 1 is 1.50 bits per heavy atom. The van der Waals surface area contributed by atoms with Gasteiger partial charge < -0.3 is 5.32 Å². The second-order valence-electron chi connectivity index (χ2n) is 2.71. The third-order valence-corrected chi connectivity index (χ3v) is 3.57. The number of thiophene rings is 1. The van der Waals surface area contributed by atoms with Crippen LogP contribution >= 0.6 is 34.5 Å². The van der Waals surface area contributed by atoms with Crippen molar-refractivity contribution in [2.45, 2.75) is 13.5 Å². The predicted molar refractivity (Wildman–Crippen MR) is 61.3 cm³/mol. The molecule has 0 saturated carbocycles. The molecule has 0 fully saturated rings. The number of hydrogen-bond acceptors (Lipinski definition) is 5. The van der Waals surface area contributed by atoms with Gasteiger partial charge in [0.15, 0.2) is 0 Å². The van der Waals surface area contributed by atoms with Gasteiger partial charge in [0.05, 0.1) is 10.9 Å². The van der Waals surface area contributed by atoms with Crippen molar-refractivity contribution in [3.8, 4) is 0 Å². The number of halogens is 1. The van der Waals surface area contributed by atoms with E-state index in [2.05, 4.69) is 14.7 Å². The molecular formula is C8H8ClN3S2. The summed E-state index contributed by atoms with van der Waals surface area (Å²) >= 11 is 8.76. The van der Waals surface area contributed by atoms with Crippen LogP contribution in [0.4, 0.5) is 5.13 Å². The maximum atomic E-state index is 5.81. The lowest BCUT2D eigenvalue weighted by Crippen LogP contribution is -1.96. The van der Waals surface area contributed by atoms with E-state index in [1.165, 1.54) is 16.4 Å². The molecule has 3 nitrogen and oxygen atoms in total. The Hall–Kier alpha value is -0.650. The fraction of sp³-hybridized carbons (Fsp3) is 0.250. The molecule has 0 saturated heterocycles. The molecule has 0 radical (unpaired) electrons. The first kappa shape index (κ1) is 9.89. The van der Waals surface area contributed by atoms with Crippen LogP contribution in [0.2, 0.25) is 4.34 Å². The summed E-state index contributed by atoms with van der Waals surface area (Å²) in [6, 6.07) is 3.91. The maximum Gasteiger partial charge on any atom is 0.202 e. The highest BCUT2D eigenvalue weighted by Gasteiger charge is 2.01. The van der Waals surface area contributed by atoms with Gasteiger partial charge in [-0.2, -0.15) is 4.37 Å². The second kappa shape index (κ2) is 4.25. The molecule has 74 valence electrons. The minimum atomic E-state index is 0.756. The third-order valence-electron chi connectivity index (χ3n) is 1.57. The van der Waals surface area contributed by atoms with Gasteiger partial charge in [-0.05, 0) is 19.1 Å². The monoisotopic (exact) mass is 245 g/mol. The van der Waals surface area contributed by atoms with Gasteiger partial charge in [0.1, 0.15) is 5.82 Å². The Morgan fingerprint density at radius 2 is 2.36 bits per heavy atom. The number of nitrogens with zero attached hydrogens (tertiary/aromatic N) is 2. The van der Waals surface area contributed by atoms with Crippen LogP contribution in [-0.2, 0) is 6.54 Å². The molecule has 2 heterocycles. The Labute approximate surface area is 94.9 Å². The molecular weight excluding hydrogens is 238 g/mol. The highest BCUT2D eigenvalue weighted by Crippen LogP contribution is 2.22. The van der Waals surface area contributed by atoms with Crippen molar-refractivity contribution in [2.75, 3.05) is 5.32 Å². The van der Waals surface area contributed by atoms with E-state index in [9.17, 15) is 0 Å². The van der Waals surface area contributed by atoms with Crippen molar-refractivity contribution in [1.29, 1.82) is 0 Å². The van der Waals surface area contributed by atoms with Crippen LogP contribution in [0.5, 0.6) is 0 Å². The van der Waals surface area contributed by atoms with E-state index < -0.39 is 0 Å². The molecule has 0 spiro atoms. The van der Waals surface area contributed by atoms with Gasteiger partial charge in [-0.15, -0.1) is 11.3 Å². The summed E-state index contributed by atoms with van der Waals surface area (Å²) in [5.74, 6) is 0.807. The van der Waals surface area contributed by atoms with Gasteiger partial charge >= 0.3 is 0 Å². The van der Waals surface area contributed by atoms with E-state index in [1.807, 2.05) is 19.1 Å². The SMILES string of the molecule is Cc1nsc(NCc2ccc(Cl)s2)n1. The molecule has 0 amide bonds.